The lowest BCUT2D eigenvalue weighted by Gasteiger charge is -2.15. The second kappa shape index (κ2) is 7.62. The van der Waals surface area contributed by atoms with Crippen molar-refractivity contribution in [1.82, 2.24) is 20.2 Å². The number of carbonyl (C=O) groups excluding carboxylic acids is 1. The number of rotatable bonds is 6. The molecule has 0 radical (unpaired) electrons. The topological polar surface area (TPSA) is 99.0 Å². The summed E-state index contributed by atoms with van der Waals surface area (Å²) in [6.45, 7) is 1.88. The van der Waals surface area contributed by atoms with Crippen molar-refractivity contribution in [3.8, 4) is 11.6 Å². The zero-order chi connectivity index (χ0) is 17.8. The molecular formula is C16H16ClN5O2S. The smallest absolute Gasteiger partial charge is 0.230 e. The summed E-state index contributed by atoms with van der Waals surface area (Å²) in [5, 5.41) is 11.9. The van der Waals surface area contributed by atoms with Crippen LogP contribution in [0.3, 0.4) is 0 Å². The van der Waals surface area contributed by atoms with E-state index in [9.17, 15) is 4.79 Å². The number of furan rings is 1. The van der Waals surface area contributed by atoms with Crippen LogP contribution < -0.4 is 11.2 Å². The number of carbonyl (C=O) groups is 1. The molecule has 2 heterocycles. The van der Waals surface area contributed by atoms with E-state index in [1.807, 2.05) is 25.1 Å². The molecule has 0 saturated carbocycles. The Morgan fingerprint density at radius 3 is 2.88 bits per heavy atom. The molecule has 0 bridgehead atoms. The van der Waals surface area contributed by atoms with Gasteiger partial charge in [0, 0.05) is 5.02 Å². The summed E-state index contributed by atoms with van der Waals surface area (Å²) in [6.07, 6.45) is 1.53. The molecule has 1 aromatic carbocycles. The summed E-state index contributed by atoms with van der Waals surface area (Å²) in [7, 11) is 0. The number of thioether (sulfide) groups is 1. The van der Waals surface area contributed by atoms with Gasteiger partial charge in [0.25, 0.3) is 0 Å². The molecule has 3 N–H and O–H groups in total. The first-order valence-corrected chi connectivity index (χ1v) is 8.83. The second-order valence-electron chi connectivity index (χ2n) is 5.25. The number of nitrogen functional groups attached to an aromatic ring is 1. The van der Waals surface area contributed by atoms with E-state index in [1.165, 1.54) is 22.7 Å². The van der Waals surface area contributed by atoms with Crippen molar-refractivity contribution in [1.29, 1.82) is 0 Å². The van der Waals surface area contributed by atoms with Crippen LogP contribution in [0.4, 0.5) is 0 Å². The quantitative estimate of drug-likeness (QED) is 0.506. The minimum absolute atomic E-state index is 0.153. The fraction of sp³-hybridized carbons (Fsp3) is 0.188. The number of hydrogen-bond donors (Lipinski definition) is 2. The minimum Gasteiger partial charge on any atom is -0.461 e. The van der Waals surface area contributed by atoms with E-state index in [-0.39, 0.29) is 17.7 Å². The number of halogens is 1. The number of nitrogens with one attached hydrogen (secondary N) is 1. The third kappa shape index (κ3) is 3.97. The van der Waals surface area contributed by atoms with Crippen LogP contribution in [0.1, 0.15) is 18.5 Å². The predicted molar refractivity (Wildman–Crippen MR) is 96.6 cm³/mol. The third-order valence-corrected chi connectivity index (χ3v) is 4.77. The van der Waals surface area contributed by atoms with Gasteiger partial charge in [-0.25, -0.2) is 4.68 Å². The molecule has 0 aliphatic rings. The molecule has 0 saturated heterocycles. The van der Waals surface area contributed by atoms with Crippen molar-refractivity contribution in [3.05, 3.63) is 53.2 Å². The molecular weight excluding hydrogens is 362 g/mol. The zero-order valence-electron chi connectivity index (χ0n) is 13.3. The van der Waals surface area contributed by atoms with Gasteiger partial charge in [-0.1, -0.05) is 41.6 Å². The molecule has 0 aliphatic heterocycles. The highest BCUT2D eigenvalue weighted by atomic mass is 35.5. The Kier molecular flexibility index (Phi) is 5.30. The molecule has 9 heteroatoms. The molecule has 1 atom stereocenters. The minimum atomic E-state index is -0.198. The van der Waals surface area contributed by atoms with Gasteiger partial charge in [-0.3, -0.25) is 4.79 Å². The van der Waals surface area contributed by atoms with Gasteiger partial charge in [0.1, 0.15) is 0 Å². The van der Waals surface area contributed by atoms with Crippen molar-refractivity contribution in [3.63, 3.8) is 0 Å². The van der Waals surface area contributed by atoms with E-state index < -0.39 is 0 Å². The summed E-state index contributed by atoms with van der Waals surface area (Å²) in [6, 6.07) is 10.7. The summed E-state index contributed by atoms with van der Waals surface area (Å²) in [5.41, 5.74) is 0.865. The van der Waals surface area contributed by atoms with Gasteiger partial charge in [0.15, 0.2) is 5.76 Å². The standard InChI is InChI=1S/C16H16ClN5O2S/c1-10(11-5-2-3-6-12(11)17)19-14(23)9-25-16-21-20-15(22(16)18)13-7-4-8-24-13/h2-8,10H,9,18H2,1H3,(H,19,23). The van der Waals surface area contributed by atoms with Crippen LogP contribution in [0.25, 0.3) is 11.6 Å². The van der Waals surface area contributed by atoms with Gasteiger partial charge in [-0.15, -0.1) is 10.2 Å². The van der Waals surface area contributed by atoms with Gasteiger partial charge in [-0.2, -0.15) is 0 Å². The first kappa shape index (κ1) is 17.4. The van der Waals surface area contributed by atoms with Crippen molar-refractivity contribution in [2.24, 2.45) is 0 Å². The third-order valence-electron chi connectivity index (χ3n) is 3.49. The number of aromatic nitrogens is 3. The SMILES string of the molecule is CC(NC(=O)CSc1nnc(-c2ccco2)n1N)c1ccccc1Cl. The van der Waals surface area contributed by atoms with E-state index in [4.69, 9.17) is 21.9 Å². The number of nitrogens with two attached hydrogens (primary N) is 1. The largest absolute Gasteiger partial charge is 0.461 e. The van der Waals surface area contributed by atoms with Gasteiger partial charge in [-0.05, 0) is 30.7 Å². The first-order valence-electron chi connectivity index (χ1n) is 7.47. The molecule has 3 rings (SSSR count). The highest BCUT2D eigenvalue weighted by Gasteiger charge is 2.17. The summed E-state index contributed by atoms with van der Waals surface area (Å²) < 4.78 is 6.55. The molecule has 7 nitrogen and oxygen atoms in total. The molecule has 0 fully saturated rings. The Hall–Kier alpha value is -2.45. The normalized spacial score (nSPS) is 12.1. The molecule has 130 valence electrons. The lowest BCUT2D eigenvalue weighted by molar-refractivity contribution is -0.119. The van der Waals surface area contributed by atoms with Crippen molar-refractivity contribution in [2.75, 3.05) is 11.6 Å². The Balaban J connectivity index is 1.59. The van der Waals surface area contributed by atoms with Crippen LogP contribution in [0.5, 0.6) is 0 Å². The Morgan fingerprint density at radius 2 is 2.16 bits per heavy atom. The predicted octanol–water partition coefficient (Wildman–Crippen LogP) is 2.87. The van der Waals surface area contributed by atoms with Crippen molar-refractivity contribution in [2.45, 2.75) is 18.1 Å². The molecule has 0 spiro atoms. The lowest BCUT2D eigenvalue weighted by Crippen LogP contribution is -2.28. The van der Waals surface area contributed by atoms with Crippen molar-refractivity contribution >= 4 is 29.3 Å². The summed E-state index contributed by atoms with van der Waals surface area (Å²) in [5.74, 6) is 6.87. The van der Waals surface area contributed by atoms with Gasteiger partial charge >= 0.3 is 0 Å². The van der Waals surface area contributed by atoms with E-state index in [1.54, 1.807) is 18.2 Å². The Morgan fingerprint density at radius 1 is 1.36 bits per heavy atom. The maximum Gasteiger partial charge on any atom is 0.230 e. The first-order chi connectivity index (χ1) is 12.1. The number of amides is 1. The van der Waals surface area contributed by atoms with E-state index >= 15 is 0 Å². The van der Waals surface area contributed by atoms with Crippen LogP contribution >= 0.6 is 23.4 Å². The maximum absolute atomic E-state index is 12.2. The van der Waals surface area contributed by atoms with E-state index in [0.29, 0.717) is 21.8 Å². The zero-order valence-corrected chi connectivity index (χ0v) is 14.9. The molecule has 1 amide bonds. The highest BCUT2D eigenvalue weighted by molar-refractivity contribution is 7.99. The van der Waals surface area contributed by atoms with Gasteiger partial charge in [0.05, 0.1) is 18.1 Å². The number of benzene rings is 1. The van der Waals surface area contributed by atoms with E-state index in [2.05, 4.69) is 15.5 Å². The van der Waals surface area contributed by atoms with Crippen LogP contribution in [-0.2, 0) is 4.79 Å². The average molecular weight is 378 g/mol. The average Bonchev–Trinajstić information content (AvgIpc) is 3.23. The Bertz CT molecular complexity index is 865. The van der Waals surface area contributed by atoms with E-state index in [0.717, 1.165) is 5.56 Å². The van der Waals surface area contributed by atoms with Gasteiger partial charge < -0.3 is 15.6 Å². The Labute approximate surface area is 153 Å². The molecule has 25 heavy (non-hydrogen) atoms. The van der Waals surface area contributed by atoms with Crippen molar-refractivity contribution < 1.29 is 9.21 Å². The maximum atomic E-state index is 12.2. The summed E-state index contributed by atoms with van der Waals surface area (Å²) in [4.78, 5) is 12.2. The fourth-order valence-electron chi connectivity index (χ4n) is 2.27. The molecule has 3 aromatic rings. The van der Waals surface area contributed by atoms with Crippen LogP contribution in [0.2, 0.25) is 5.02 Å². The molecule has 0 aliphatic carbocycles. The monoisotopic (exact) mass is 377 g/mol. The second-order valence-corrected chi connectivity index (χ2v) is 6.60. The highest BCUT2D eigenvalue weighted by Crippen LogP contribution is 2.24. The summed E-state index contributed by atoms with van der Waals surface area (Å²) >= 11 is 7.34. The number of hydrogen-bond acceptors (Lipinski definition) is 6. The fourth-order valence-corrected chi connectivity index (χ4v) is 3.23. The lowest BCUT2D eigenvalue weighted by atomic mass is 10.1. The van der Waals surface area contributed by atoms with Crippen LogP contribution in [-0.4, -0.2) is 26.5 Å². The van der Waals surface area contributed by atoms with Gasteiger partial charge in [0.2, 0.25) is 16.9 Å². The van der Waals surface area contributed by atoms with Crippen LogP contribution in [0.15, 0.2) is 52.2 Å². The molecule has 2 aromatic heterocycles. The van der Waals surface area contributed by atoms with Crippen LogP contribution in [0, 0.1) is 0 Å². The number of nitrogens with zero attached hydrogens (tertiary/aromatic N) is 3. The molecule has 1 unspecified atom stereocenters.